The van der Waals surface area contributed by atoms with Crippen molar-refractivity contribution in [2.45, 2.75) is 70.7 Å². The Hall–Kier alpha value is -2.92. The van der Waals surface area contributed by atoms with Crippen LogP contribution in [0.2, 0.25) is 0 Å². The Labute approximate surface area is 234 Å². The normalized spacial score (nSPS) is 11.3. The molecule has 0 fully saturated rings. The summed E-state index contributed by atoms with van der Waals surface area (Å²) in [6, 6.07) is 30.3. The van der Waals surface area contributed by atoms with Gasteiger partial charge in [-0.1, -0.05) is 136 Å². The molecule has 5 heteroatoms. The van der Waals surface area contributed by atoms with Gasteiger partial charge in [0.25, 0.3) is 0 Å². The van der Waals surface area contributed by atoms with Gasteiger partial charge >= 0.3 is 5.82 Å². The monoisotopic (exact) mass is 532 g/mol. The van der Waals surface area contributed by atoms with E-state index in [-0.39, 0.29) is 12.4 Å². The quantitative estimate of drug-likeness (QED) is 0.187. The summed E-state index contributed by atoms with van der Waals surface area (Å²) in [6.07, 6.45) is 12.9. The lowest BCUT2D eigenvalue weighted by atomic mass is 9.85. The summed E-state index contributed by atoms with van der Waals surface area (Å²) in [5, 5.41) is 12.6. The van der Waals surface area contributed by atoms with Crippen LogP contribution in [0.15, 0.2) is 103 Å². The molecule has 0 bridgehead atoms. The Morgan fingerprint density at radius 3 is 1.84 bits per heavy atom. The molecule has 0 spiro atoms. The molecule has 0 aliphatic carbocycles. The number of hydrogen-bond acceptors (Lipinski definition) is 2. The summed E-state index contributed by atoms with van der Waals surface area (Å²) in [6.45, 7) is 4.03. The maximum Gasteiger partial charge on any atom is 0.300 e. The molecule has 0 unspecified atom stereocenters. The molecule has 0 atom stereocenters. The molecule has 4 rings (SSSR count). The zero-order valence-electron chi connectivity index (χ0n) is 22.5. The third-order valence-corrected chi connectivity index (χ3v) is 7.00. The average molecular weight is 533 g/mol. The smallest absolute Gasteiger partial charge is 0.300 e. The Kier molecular flexibility index (Phi) is 12.1. The van der Waals surface area contributed by atoms with Crippen molar-refractivity contribution in [3.8, 4) is 0 Å². The lowest BCUT2D eigenvalue weighted by Crippen LogP contribution is -3.00. The van der Waals surface area contributed by atoms with Gasteiger partial charge in [-0.15, -0.1) is 0 Å². The fraction of sp³-hybridized carbons (Fsp3) is 0.364. The van der Waals surface area contributed by atoms with Crippen molar-refractivity contribution in [1.29, 1.82) is 0 Å². The van der Waals surface area contributed by atoms with Crippen molar-refractivity contribution in [3.05, 3.63) is 126 Å². The van der Waals surface area contributed by atoms with E-state index < -0.39 is 5.60 Å². The van der Waals surface area contributed by atoms with E-state index in [0.717, 1.165) is 30.0 Å². The summed E-state index contributed by atoms with van der Waals surface area (Å²) in [4.78, 5) is 0. The summed E-state index contributed by atoms with van der Waals surface area (Å²) >= 11 is 0. The van der Waals surface area contributed by atoms with E-state index in [2.05, 4.69) is 46.5 Å². The van der Waals surface area contributed by atoms with Gasteiger partial charge in [-0.3, -0.25) is 0 Å². The predicted octanol–water partition coefficient (Wildman–Crippen LogP) is 3.84. The summed E-state index contributed by atoms with van der Waals surface area (Å²) in [7, 11) is 0. The van der Waals surface area contributed by atoms with Crippen molar-refractivity contribution in [2.24, 2.45) is 0 Å². The van der Waals surface area contributed by atoms with Gasteiger partial charge in [0.05, 0.1) is 6.61 Å². The van der Waals surface area contributed by atoms with Crippen LogP contribution in [0.25, 0.3) is 0 Å². The van der Waals surface area contributed by atoms with Crippen molar-refractivity contribution >= 4 is 0 Å². The Morgan fingerprint density at radius 1 is 0.737 bits per heavy atom. The van der Waals surface area contributed by atoms with Crippen molar-refractivity contribution in [1.82, 2.24) is 4.57 Å². The highest BCUT2D eigenvalue weighted by Crippen LogP contribution is 2.35. The minimum atomic E-state index is -1.34. The van der Waals surface area contributed by atoms with E-state index >= 15 is 0 Å². The van der Waals surface area contributed by atoms with E-state index in [4.69, 9.17) is 4.74 Å². The van der Waals surface area contributed by atoms with Gasteiger partial charge in [-0.05, 0) is 12.0 Å². The lowest BCUT2D eigenvalue weighted by Gasteiger charge is -2.27. The summed E-state index contributed by atoms with van der Waals surface area (Å²) < 4.78 is 10.4. The molecule has 38 heavy (non-hydrogen) atoms. The van der Waals surface area contributed by atoms with Gasteiger partial charge in [0.2, 0.25) is 5.60 Å². The molecule has 0 aliphatic heterocycles. The van der Waals surface area contributed by atoms with Crippen LogP contribution in [0.5, 0.6) is 0 Å². The van der Waals surface area contributed by atoms with E-state index in [9.17, 15) is 5.11 Å². The molecule has 1 heterocycles. The maximum absolute atomic E-state index is 12.6. The lowest BCUT2D eigenvalue weighted by molar-refractivity contribution is -0.700. The standard InChI is InChI=1S/C33H41N2O2.ClH/c1-2-3-4-5-6-7-17-26-37-28-35-25-24-34(27-29-18-11-8-12-19-29)32(35)33(36,30-20-13-9-14-21-30)31-22-15-10-16-23-31;/h8-16,18-25,36H,2-7,17,26-28H2,1H3;1H/q+1;/p-1. The second-order valence-electron chi connectivity index (χ2n) is 9.81. The minimum Gasteiger partial charge on any atom is -1.00 e. The second-order valence-corrected chi connectivity index (χ2v) is 9.81. The fourth-order valence-corrected chi connectivity index (χ4v) is 5.00. The van der Waals surface area contributed by atoms with E-state index in [1.807, 2.05) is 72.9 Å². The molecular weight excluding hydrogens is 492 g/mol. The van der Waals surface area contributed by atoms with Gasteiger partial charge in [-0.25, -0.2) is 9.13 Å². The van der Waals surface area contributed by atoms with Crippen LogP contribution < -0.4 is 17.0 Å². The molecule has 4 aromatic rings. The molecule has 3 aromatic carbocycles. The van der Waals surface area contributed by atoms with Gasteiger partial charge in [0.1, 0.15) is 18.9 Å². The highest BCUT2D eigenvalue weighted by atomic mass is 35.5. The topological polar surface area (TPSA) is 38.3 Å². The van der Waals surface area contributed by atoms with Crippen LogP contribution in [-0.4, -0.2) is 16.3 Å². The number of halogens is 1. The maximum atomic E-state index is 12.6. The number of nitrogens with zero attached hydrogens (tertiary/aromatic N) is 2. The summed E-state index contributed by atoms with van der Waals surface area (Å²) in [5.41, 5.74) is 1.49. The van der Waals surface area contributed by atoms with Gasteiger partial charge in [-0.2, -0.15) is 0 Å². The molecule has 1 N–H and O–H groups in total. The first-order valence-electron chi connectivity index (χ1n) is 13.8. The van der Waals surface area contributed by atoms with Crippen LogP contribution in [0.4, 0.5) is 0 Å². The molecule has 202 valence electrons. The zero-order chi connectivity index (χ0) is 25.8. The average Bonchev–Trinajstić information content (AvgIpc) is 3.35. The Bertz CT molecular complexity index is 1140. The van der Waals surface area contributed by atoms with E-state index in [1.54, 1.807) is 0 Å². The largest absolute Gasteiger partial charge is 1.00 e. The van der Waals surface area contributed by atoms with E-state index in [1.165, 1.54) is 44.1 Å². The number of benzene rings is 3. The fourth-order valence-electron chi connectivity index (χ4n) is 5.00. The number of ether oxygens (including phenoxy) is 1. The van der Waals surface area contributed by atoms with Crippen LogP contribution >= 0.6 is 0 Å². The second kappa shape index (κ2) is 15.5. The third kappa shape index (κ3) is 7.57. The first-order chi connectivity index (χ1) is 18.2. The number of unbranched alkanes of at least 4 members (excludes halogenated alkanes) is 6. The first kappa shape index (κ1) is 29.6. The number of aliphatic hydroxyl groups is 1. The number of aromatic nitrogens is 2. The zero-order valence-corrected chi connectivity index (χ0v) is 23.3. The summed E-state index contributed by atoms with van der Waals surface area (Å²) in [5.74, 6) is 0.785. The van der Waals surface area contributed by atoms with Crippen LogP contribution in [0.3, 0.4) is 0 Å². The third-order valence-electron chi connectivity index (χ3n) is 7.00. The number of imidazole rings is 1. The van der Waals surface area contributed by atoms with Crippen molar-refractivity contribution in [2.75, 3.05) is 6.61 Å². The van der Waals surface area contributed by atoms with Gasteiger partial charge in [0.15, 0.2) is 6.73 Å². The molecule has 0 saturated heterocycles. The van der Waals surface area contributed by atoms with Crippen LogP contribution in [0.1, 0.15) is 74.4 Å². The minimum absolute atomic E-state index is 0. The number of rotatable bonds is 15. The molecule has 4 nitrogen and oxygen atoms in total. The molecular formula is C33H41ClN2O2. The number of hydrogen-bond donors (Lipinski definition) is 1. The molecule has 0 saturated carbocycles. The highest BCUT2D eigenvalue weighted by molar-refractivity contribution is 5.41. The van der Waals surface area contributed by atoms with Crippen molar-refractivity contribution < 1.29 is 26.8 Å². The predicted molar refractivity (Wildman–Crippen MR) is 149 cm³/mol. The van der Waals surface area contributed by atoms with Crippen molar-refractivity contribution in [3.63, 3.8) is 0 Å². The first-order valence-corrected chi connectivity index (χ1v) is 13.8. The molecule has 1 aromatic heterocycles. The highest BCUT2D eigenvalue weighted by Gasteiger charge is 2.45. The van der Waals surface area contributed by atoms with Gasteiger partial charge < -0.3 is 22.3 Å². The SMILES string of the molecule is CCCCCCCCCOCn1cc[n+](Cc2ccccc2)c1C(O)(c1ccccc1)c1ccccc1.[Cl-]. The Morgan fingerprint density at radius 2 is 1.26 bits per heavy atom. The van der Waals surface area contributed by atoms with E-state index in [0.29, 0.717) is 13.3 Å². The van der Waals surface area contributed by atoms with Crippen LogP contribution in [-0.2, 0) is 23.6 Å². The molecule has 0 amide bonds. The Balaban J connectivity index is 0.00000400. The van der Waals surface area contributed by atoms with Crippen LogP contribution in [0, 0.1) is 0 Å². The van der Waals surface area contributed by atoms with Gasteiger partial charge in [0, 0.05) is 11.1 Å². The molecule has 0 aliphatic rings. The molecule has 0 radical (unpaired) electrons.